The Morgan fingerprint density at radius 3 is 2.72 bits per heavy atom. The maximum Gasteiger partial charge on any atom is 0.238 e. The molecule has 7 nitrogen and oxygen atoms in total. The number of carbonyl (C=O) groups is 2. The van der Waals surface area contributed by atoms with E-state index in [1.165, 1.54) is 30.0 Å². The number of carbonyl (C=O) groups excluding carboxylic acids is 2. The highest BCUT2D eigenvalue weighted by Crippen LogP contribution is 2.20. The van der Waals surface area contributed by atoms with Gasteiger partial charge in [0, 0.05) is 18.7 Å². The summed E-state index contributed by atoms with van der Waals surface area (Å²) in [6.07, 6.45) is 2.55. The number of primary sulfonamides is 1. The average Bonchev–Trinajstić information content (AvgIpc) is 2.85. The van der Waals surface area contributed by atoms with Gasteiger partial charge in [0.15, 0.2) is 0 Å². The summed E-state index contributed by atoms with van der Waals surface area (Å²) in [5.41, 5.74) is 0.390. The van der Waals surface area contributed by atoms with E-state index >= 15 is 0 Å². The number of unbranched alkanes of at least 4 members (excludes halogenated alkanes) is 2. The summed E-state index contributed by atoms with van der Waals surface area (Å²) < 4.78 is 23.2. The third-order valence-electron chi connectivity index (χ3n) is 3.57. The molecule has 0 unspecified atom stereocenters. The van der Waals surface area contributed by atoms with Crippen molar-refractivity contribution < 1.29 is 18.0 Å². The first kappa shape index (κ1) is 19.8. The Morgan fingerprint density at radius 1 is 1.32 bits per heavy atom. The molecule has 10 heteroatoms. The van der Waals surface area contributed by atoms with Crippen LogP contribution in [0.3, 0.4) is 0 Å². The van der Waals surface area contributed by atoms with Crippen LogP contribution in [0, 0.1) is 0 Å². The van der Waals surface area contributed by atoms with Crippen molar-refractivity contribution in [2.75, 3.05) is 17.6 Å². The summed E-state index contributed by atoms with van der Waals surface area (Å²) in [4.78, 5) is 25.0. The second-order valence-electron chi connectivity index (χ2n) is 5.53. The first-order chi connectivity index (χ1) is 11.8. The molecule has 3 N–H and O–H groups in total. The zero-order chi connectivity index (χ0) is 18.4. The summed E-state index contributed by atoms with van der Waals surface area (Å²) in [7, 11) is -3.80. The lowest BCUT2D eigenvalue weighted by Crippen LogP contribution is -2.29. The van der Waals surface area contributed by atoms with Crippen LogP contribution in [0.2, 0.25) is 0 Å². The Labute approximate surface area is 156 Å². The van der Waals surface area contributed by atoms with E-state index in [9.17, 15) is 18.0 Å². The molecule has 0 spiro atoms. The zero-order valence-corrected chi connectivity index (χ0v) is 15.9. The van der Waals surface area contributed by atoms with Crippen LogP contribution in [0.15, 0.2) is 29.2 Å². The minimum atomic E-state index is -3.80. The highest BCUT2D eigenvalue weighted by molar-refractivity contribution is 8.23. The van der Waals surface area contributed by atoms with E-state index in [-0.39, 0.29) is 16.7 Å². The highest BCUT2D eigenvalue weighted by Gasteiger charge is 2.25. The zero-order valence-electron chi connectivity index (χ0n) is 13.4. The molecule has 1 aromatic rings. The number of sulfonamides is 1. The van der Waals surface area contributed by atoms with Crippen molar-refractivity contribution in [2.45, 2.75) is 30.6 Å². The lowest BCUT2D eigenvalue weighted by atomic mass is 10.2. The van der Waals surface area contributed by atoms with Gasteiger partial charge in [0.2, 0.25) is 21.8 Å². The van der Waals surface area contributed by atoms with Crippen LogP contribution in [0.4, 0.5) is 5.69 Å². The minimum Gasteiger partial charge on any atom is -0.326 e. The number of thiocarbonyl (C=S) groups is 1. The molecule has 1 saturated heterocycles. The summed E-state index contributed by atoms with van der Waals surface area (Å²) in [5, 5.41) is 7.72. The second kappa shape index (κ2) is 8.75. The molecule has 0 aromatic heterocycles. The number of nitrogens with zero attached hydrogens (tertiary/aromatic N) is 1. The fraction of sp³-hybridized carbons (Fsp3) is 0.400. The number of hydrogen-bond acceptors (Lipinski definition) is 6. The van der Waals surface area contributed by atoms with E-state index in [2.05, 4.69) is 5.32 Å². The lowest BCUT2D eigenvalue weighted by Gasteiger charge is -2.14. The maximum absolute atomic E-state index is 11.9. The molecule has 1 aliphatic heterocycles. The molecule has 1 heterocycles. The molecule has 1 aliphatic rings. The summed E-state index contributed by atoms with van der Waals surface area (Å²) in [5.74, 6) is 0.260. The third kappa shape index (κ3) is 6.07. The van der Waals surface area contributed by atoms with E-state index < -0.39 is 10.0 Å². The molecule has 136 valence electrons. The third-order valence-corrected chi connectivity index (χ3v) is 5.92. The highest BCUT2D eigenvalue weighted by atomic mass is 32.2. The number of nitrogens with two attached hydrogens (primary N) is 1. The van der Waals surface area contributed by atoms with Gasteiger partial charge in [0.25, 0.3) is 0 Å². The quantitative estimate of drug-likeness (QED) is 0.507. The van der Waals surface area contributed by atoms with Gasteiger partial charge in [-0.25, -0.2) is 13.6 Å². The monoisotopic (exact) mass is 401 g/mol. The van der Waals surface area contributed by atoms with Crippen molar-refractivity contribution in [3.8, 4) is 0 Å². The van der Waals surface area contributed by atoms with Crippen molar-refractivity contribution in [3.63, 3.8) is 0 Å². The number of anilines is 1. The van der Waals surface area contributed by atoms with E-state index in [0.717, 1.165) is 12.8 Å². The molecule has 0 bridgehead atoms. The fourth-order valence-corrected chi connectivity index (χ4v) is 3.98. The predicted octanol–water partition coefficient (Wildman–Crippen LogP) is 1.69. The lowest BCUT2D eigenvalue weighted by molar-refractivity contribution is -0.124. The first-order valence-electron chi connectivity index (χ1n) is 7.67. The van der Waals surface area contributed by atoms with Gasteiger partial charge in [0.1, 0.15) is 4.32 Å². The van der Waals surface area contributed by atoms with Crippen LogP contribution in [-0.4, -0.2) is 41.8 Å². The van der Waals surface area contributed by atoms with Crippen LogP contribution in [-0.2, 0) is 19.6 Å². The Kier molecular flexibility index (Phi) is 6.94. The molecule has 25 heavy (non-hydrogen) atoms. The van der Waals surface area contributed by atoms with E-state index in [0.29, 0.717) is 35.1 Å². The number of nitrogens with one attached hydrogen (secondary N) is 1. The van der Waals surface area contributed by atoms with Gasteiger partial charge >= 0.3 is 0 Å². The van der Waals surface area contributed by atoms with E-state index in [1.54, 1.807) is 11.0 Å². The Balaban J connectivity index is 1.71. The van der Waals surface area contributed by atoms with Gasteiger partial charge in [-0.3, -0.25) is 14.5 Å². The molecule has 0 atom stereocenters. The van der Waals surface area contributed by atoms with E-state index in [4.69, 9.17) is 17.4 Å². The van der Waals surface area contributed by atoms with Crippen molar-refractivity contribution in [2.24, 2.45) is 5.14 Å². The van der Waals surface area contributed by atoms with Crippen LogP contribution < -0.4 is 10.5 Å². The smallest absolute Gasteiger partial charge is 0.238 e. The minimum absolute atomic E-state index is 0.0440. The van der Waals surface area contributed by atoms with Crippen LogP contribution in [0.25, 0.3) is 0 Å². The van der Waals surface area contributed by atoms with Gasteiger partial charge in [-0.05, 0) is 31.0 Å². The van der Waals surface area contributed by atoms with Crippen molar-refractivity contribution in [1.29, 1.82) is 0 Å². The number of amides is 2. The molecule has 2 amide bonds. The standard InChI is InChI=1S/C15H19N3O4S3/c16-25(21,22)12-6-4-5-11(9-12)17-13(19)7-2-1-3-8-18-14(20)10-24-15(18)23/h4-6,9H,1-3,7-8,10H2,(H,17,19)(H2,16,21,22). The van der Waals surface area contributed by atoms with Crippen LogP contribution in [0.1, 0.15) is 25.7 Å². The van der Waals surface area contributed by atoms with Gasteiger partial charge in [0.05, 0.1) is 10.6 Å². The van der Waals surface area contributed by atoms with Crippen molar-refractivity contribution in [3.05, 3.63) is 24.3 Å². The Hall–Kier alpha value is -1.49. The normalized spacial score (nSPS) is 14.8. The summed E-state index contributed by atoms with van der Waals surface area (Å²) >= 11 is 6.48. The molecular formula is C15H19N3O4S3. The van der Waals surface area contributed by atoms with Crippen LogP contribution >= 0.6 is 24.0 Å². The topological polar surface area (TPSA) is 110 Å². The van der Waals surface area contributed by atoms with Gasteiger partial charge in [-0.15, -0.1) is 0 Å². The number of thioether (sulfide) groups is 1. The average molecular weight is 402 g/mol. The van der Waals surface area contributed by atoms with Gasteiger partial charge < -0.3 is 5.32 Å². The molecule has 2 rings (SSSR count). The van der Waals surface area contributed by atoms with Gasteiger partial charge in [-0.2, -0.15) is 0 Å². The summed E-state index contributed by atoms with van der Waals surface area (Å²) in [6.45, 7) is 0.586. The molecule has 1 aromatic carbocycles. The van der Waals surface area contributed by atoms with Crippen LogP contribution in [0.5, 0.6) is 0 Å². The number of rotatable bonds is 8. The Morgan fingerprint density at radius 2 is 2.08 bits per heavy atom. The van der Waals surface area contributed by atoms with Crippen molar-refractivity contribution in [1.82, 2.24) is 4.90 Å². The Bertz CT molecular complexity index is 764. The fourth-order valence-electron chi connectivity index (χ4n) is 2.30. The molecule has 1 fully saturated rings. The largest absolute Gasteiger partial charge is 0.326 e. The maximum atomic E-state index is 11.9. The predicted molar refractivity (Wildman–Crippen MR) is 102 cm³/mol. The molecule has 0 aliphatic carbocycles. The first-order valence-corrected chi connectivity index (χ1v) is 10.6. The molecule has 0 saturated carbocycles. The SMILES string of the molecule is NS(=O)(=O)c1cccc(NC(=O)CCCCCN2C(=O)CSC2=S)c1. The van der Waals surface area contributed by atoms with E-state index in [1.807, 2.05) is 0 Å². The molecular weight excluding hydrogens is 382 g/mol. The number of hydrogen-bond donors (Lipinski definition) is 2. The van der Waals surface area contributed by atoms with Crippen molar-refractivity contribution >= 4 is 55.8 Å². The van der Waals surface area contributed by atoms with Gasteiger partial charge in [-0.1, -0.05) is 36.5 Å². The molecule has 0 radical (unpaired) electrons. The number of benzene rings is 1. The summed E-state index contributed by atoms with van der Waals surface area (Å²) in [6, 6.07) is 5.81. The second-order valence-corrected chi connectivity index (χ2v) is 8.70.